The Hall–Kier alpha value is -3.45. The highest BCUT2D eigenvalue weighted by Crippen LogP contribution is 2.50. The van der Waals surface area contributed by atoms with Crippen LogP contribution in [0.25, 0.3) is 11.1 Å². The Morgan fingerprint density at radius 1 is 0.848 bits per heavy atom. The Bertz CT molecular complexity index is 1180. The van der Waals surface area contributed by atoms with E-state index in [-0.39, 0.29) is 12.2 Å². The molecule has 0 bridgehead atoms. The molecule has 3 aromatic rings. The van der Waals surface area contributed by atoms with E-state index < -0.39 is 12.2 Å². The van der Waals surface area contributed by atoms with Gasteiger partial charge in [-0.25, -0.2) is 4.39 Å². The summed E-state index contributed by atoms with van der Waals surface area (Å²) < 4.78 is 42.8. The van der Waals surface area contributed by atoms with Crippen molar-refractivity contribution in [2.24, 2.45) is 0 Å². The average Bonchev–Trinajstić information content (AvgIpc) is 2.84. The summed E-state index contributed by atoms with van der Waals surface area (Å²) in [6, 6.07) is 12.1. The van der Waals surface area contributed by atoms with Crippen molar-refractivity contribution < 1.29 is 33.2 Å². The summed E-state index contributed by atoms with van der Waals surface area (Å²) in [6.07, 6.45) is -1.26. The van der Waals surface area contributed by atoms with Crippen LogP contribution in [0.3, 0.4) is 0 Å². The van der Waals surface area contributed by atoms with E-state index in [1.807, 2.05) is 12.1 Å². The van der Waals surface area contributed by atoms with Crippen molar-refractivity contribution in [2.45, 2.75) is 25.6 Å². The maximum absolute atomic E-state index is 14.5. The lowest BCUT2D eigenvalue weighted by atomic mass is 9.90. The molecule has 0 amide bonds. The summed E-state index contributed by atoms with van der Waals surface area (Å²) >= 11 is 0. The van der Waals surface area contributed by atoms with Gasteiger partial charge in [0.15, 0.2) is 11.5 Å². The van der Waals surface area contributed by atoms with Gasteiger partial charge >= 0.3 is 0 Å². The van der Waals surface area contributed by atoms with Gasteiger partial charge < -0.3 is 28.8 Å². The van der Waals surface area contributed by atoms with Crippen LogP contribution in [-0.2, 0) is 6.42 Å². The van der Waals surface area contributed by atoms with Gasteiger partial charge in [0.1, 0.15) is 29.2 Å². The zero-order valence-corrected chi connectivity index (χ0v) is 19.3. The normalized spacial score (nSPS) is 17.1. The predicted octanol–water partition coefficient (Wildman–Crippen LogP) is 4.87. The van der Waals surface area contributed by atoms with E-state index in [0.29, 0.717) is 56.6 Å². The van der Waals surface area contributed by atoms with Crippen LogP contribution < -0.4 is 23.7 Å². The molecule has 1 aliphatic rings. The lowest BCUT2D eigenvalue weighted by molar-refractivity contribution is 0.0201. The van der Waals surface area contributed by atoms with Crippen molar-refractivity contribution in [3.05, 3.63) is 65.0 Å². The van der Waals surface area contributed by atoms with Gasteiger partial charge in [-0.1, -0.05) is 18.2 Å². The Morgan fingerprint density at radius 3 is 2.18 bits per heavy atom. The number of hydrogen-bond acceptors (Lipinski definition) is 6. The first-order valence-electron chi connectivity index (χ1n) is 10.5. The van der Waals surface area contributed by atoms with E-state index in [1.54, 1.807) is 59.6 Å². The molecule has 0 saturated carbocycles. The zero-order valence-electron chi connectivity index (χ0n) is 19.3. The SMILES string of the molecule is COc1ccc([C@H]2Oc3c(c(OC)cc(OC)c3-c3ccc(C)c(F)c3)C[C@@H]2O)cc1OC. The molecular weight excluding hydrogens is 427 g/mol. The molecule has 2 atom stereocenters. The van der Waals surface area contributed by atoms with Gasteiger partial charge in [0.05, 0.1) is 40.1 Å². The number of fused-ring (bicyclic) bond motifs is 1. The molecule has 0 saturated heterocycles. The van der Waals surface area contributed by atoms with E-state index in [1.165, 1.54) is 6.07 Å². The second kappa shape index (κ2) is 9.19. The van der Waals surface area contributed by atoms with Crippen molar-refractivity contribution in [3.63, 3.8) is 0 Å². The average molecular weight is 454 g/mol. The van der Waals surface area contributed by atoms with Crippen LogP contribution in [0.5, 0.6) is 28.7 Å². The number of rotatable bonds is 6. The van der Waals surface area contributed by atoms with Crippen molar-refractivity contribution >= 4 is 0 Å². The summed E-state index contributed by atoms with van der Waals surface area (Å²) in [5, 5.41) is 11.0. The van der Waals surface area contributed by atoms with Gasteiger partial charge in [-0.05, 0) is 41.8 Å². The third kappa shape index (κ3) is 4.04. The molecule has 0 aliphatic carbocycles. The topological polar surface area (TPSA) is 66.4 Å². The highest BCUT2D eigenvalue weighted by Gasteiger charge is 2.35. The van der Waals surface area contributed by atoms with Crippen LogP contribution in [0.1, 0.15) is 22.8 Å². The maximum atomic E-state index is 14.5. The Morgan fingerprint density at radius 2 is 1.55 bits per heavy atom. The first kappa shape index (κ1) is 22.7. The first-order valence-corrected chi connectivity index (χ1v) is 10.5. The second-order valence-corrected chi connectivity index (χ2v) is 7.85. The largest absolute Gasteiger partial charge is 0.496 e. The van der Waals surface area contributed by atoms with Gasteiger partial charge in [0.2, 0.25) is 0 Å². The quantitative estimate of drug-likeness (QED) is 0.573. The summed E-state index contributed by atoms with van der Waals surface area (Å²) in [4.78, 5) is 0. The molecule has 6 nitrogen and oxygen atoms in total. The molecule has 0 unspecified atom stereocenters. The minimum absolute atomic E-state index is 0.281. The van der Waals surface area contributed by atoms with Crippen LogP contribution in [0.4, 0.5) is 4.39 Å². The Labute approximate surface area is 192 Å². The minimum Gasteiger partial charge on any atom is -0.496 e. The molecule has 0 spiro atoms. The lowest BCUT2D eigenvalue weighted by Gasteiger charge is -2.34. The monoisotopic (exact) mass is 454 g/mol. The summed E-state index contributed by atoms with van der Waals surface area (Å²) in [6.45, 7) is 1.71. The number of hydrogen-bond donors (Lipinski definition) is 1. The Kier molecular flexibility index (Phi) is 6.33. The molecule has 0 radical (unpaired) electrons. The molecule has 33 heavy (non-hydrogen) atoms. The third-order valence-corrected chi connectivity index (χ3v) is 5.95. The maximum Gasteiger partial charge on any atom is 0.161 e. The number of aryl methyl sites for hydroxylation is 1. The molecule has 1 N–H and O–H groups in total. The summed E-state index contributed by atoms with van der Waals surface area (Å²) in [5.41, 5.74) is 3.16. The molecule has 0 fully saturated rings. The summed E-state index contributed by atoms with van der Waals surface area (Å²) in [7, 11) is 6.20. The van der Waals surface area contributed by atoms with E-state index in [4.69, 9.17) is 23.7 Å². The number of aliphatic hydroxyl groups is 1. The van der Waals surface area contributed by atoms with Crippen molar-refractivity contribution in [2.75, 3.05) is 28.4 Å². The van der Waals surface area contributed by atoms with Gasteiger partial charge in [-0.3, -0.25) is 0 Å². The Balaban J connectivity index is 1.89. The van der Waals surface area contributed by atoms with Crippen molar-refractivity contribution in [3.8, 4) is 39.9 Å². The number of aliphatic hydroxyl groups excluding tert-OH is 1. The van der Waals surface area contributed by atoms with Crippen molar-refractivity contribution in [1.82, 2.24) is 0 Å². The van der Waals surface area contributed by atoms with E-state index in [9.17, 15) is 9.50 Å². The predicted molar refractivity (Wildman–Crippen MR) is 122 cm³/mol. The standard InChI is InChI=1S/C26H27FO6/c1-14-6-7-15(10-18(14)27)24-23(32-5)13-21(30-3)17-12-19(28)25(33-26(17)24)16-8-9-20(29-2)22(11-16)31-4/h6-11,13,19,25,28H,12H2,1-5H3/t19-,25+/m0/s1. The molecule has 7 heteroatoms. The summed E-state index contributed by atoms with van der Waals surface area (Å²) in [5.74, 6) is 2.27. The van der Waals surface area contributed by atoms with E-state index in [2.05, 4.69) is 0 Å². The van der Waals surface area contributed by atoms with Crippen molar-refractivity contribution in [1.29, 1.82) is 0 Å². The fourth-order valence-corrected chi connectivity index (χ4v) is 4.18. The zero-order chi connectivity index (χ0) is 23.7. The van der Waals surface area contributed by atoms with E-state index in [0.717, 1.165) is 0 Å². The van der Waals surface area contributed by atoms with E-state index >= 15 is 0 Å². The fraction of sp³-hybridized carbons (Fsp3) is 0.308. The van der Waals surface area contributed by atoms with Crippen LogP contribution in [0, 0.1) is 12.7 Å². The molecule has 1 heterocycles. The molecule has 174 valence electrons. The van der Waals surface area contributed by atoms with Crippen LogP contribution in [0.2, 0.25) is 0 Å². The van der Waals surface area contributed by atoms with Crippen LogP contribution >= 0.6 is 0 Å². The molecule has 3 aromatic carbocycles. The second-order valence-electron chi connectivity index (χ2n) is 7.85. The fourth-order valence-electron chi connectivity index (χ4n) is 4.18. The lowest BCUT2D eigenvalue weighted by Crippen LogP contribution is -2.31. The minimum atomic E-state index is -0.847. The van der Waals surface area contributed by atoms with Gasteiger partial charge in [0.25, 0.3) is 0 Å². The molecule has 4 rings (SSSR count). The smallest absolute Gasteiger partial charge is 0.161 e. The first-order chi connectivity index (χ1) is 15.9. The molecular formula is C26H27FO6. The van der Waals surface area contributed by atoms with Gasteiger partial charge in [0, 0.05) is 18.1 Å². The highest BCUT2D eigenvalue weighted by molar-refractivity contribution is 5.81. The number of halogens is 1. The van der Waals surface area contributed by atoms with Gasteiger partial charge in [-0.15, -0.1) is 0 Å². The molecule has 1 aliphatic heterocycles. The van der Waals surface area contributed by atoms with Gasteiger partial charge in [-0.2, -0.15) is 0 Å². The van der Waals surface area contributed by atoms with Crippen LogP contribution in [-0.4, -0.2) is 39.6 Å². The highest BCUT2D eigenvalue weighted by atomic mass is 19.1. The molecule has 0 aromatic heterocycles. The van der Waals surface area contributed by atoms with Crippen LogP contribution in [0.15, 0.2) is 42.5 Å². The number of benzene rings is 3. The third-order valence-electron chi connectivity index (χ3n) is 5.95. The number of methoxy groups -OCH3 is 4. The number of ether oxygens (including phenoxy) is 5.